The van der Waals surface area contributed by atoms with Gasteiger partial charge in [-0.2, -0.15) is 0 Å². The van der Waals surface area contributed by atoms with Gasteiger partial charge in [-0.3, -0.25) is 9.69 Å². The average Bonchev–Trinajstić information content (AvgIpc) is 3.21. The Hall–Kier alpha value is -0.600. The predicted molar refractivity (Wildman–Crippen MR) is 101 cm³/mol. The third-order valence-electron chi connectivity index (χ3n) is 4.92. The van der Waals surface area contributed by atoms with Crippen LogP contribution in [0.2, 0.25) is 5.15 Å². The molecule has 0 radical (unpaired) electrons. The summed E-state index contributed by atoms with van der Waals surface area (Å²) in [5, 5.41) is 5.63. The number of rotatable bonds is 4. The van der Waals surface area contributed by atoms with E-state index in [9.17, 15) is 4.79 Å². The molecule has 2 aromatic heterocycles. The van der Waals surface area contributed by atoms with Gasteiger partial charge in [0.25, 0.3) is 5.91 Å². The van der Waals surface area contributed by atoms with Crippen LogP contribution in [0.4, 0.5) is 0 Å². The van der Waals surface area contributed by atoms with E-state index in [1.165, 1.54) is 48.6 Å². The quantitative estimate of drug-likeness (QED) is 0.835. The lowest BCUT2D eigenvalue weighted by atomic mass is 9.79. The SMILES string of the molecule is C[C@H]1[C@H](NC(=O)c2ccc(Sc3nc(Cl)cs3)s2)C2CCN1CC2. The number of hydrogen-bond donors (Lipinski definition) is 1. The summed E-state index contributed by atoms with van der Waals surface area (Å²) in [6.07, 6.45) is 2.40. The summed E-state index contributed by atoms with van der Waals surface area (Å²) in [6, 6.07) is 4.60. The van der Waals surface area contributed by atoms with E-state index in [4.69, 9.17) is 11.6 Å². The molecule has 2 bridgehead atoms. The monoisotopic (exact) mass is 399 g/mol. The van der Waals surface area contributed by atoms with E-state index in [0.29, 0.717) is 17.1 Å². The fourth-order valence-corrected chi connectivity index (χ4v) is 6.89. The van der Waals surface area contributed by atoms with Crippen LogP contribution < -0.4 is 5.32 Å². The van der Waals surface area contributed by atoms with E-state index in [-0.39, 0.29) is 11.9 Å². The Kier molecular flexibility index (Phi) is 4.88. The number of thiazole rings is 1. The van der Waals surface area contributed by atoms with Crippen molar-refractivity contribution in [3.05, 3.63) is 27.5 Å². The van der Waals surface area contributed by atoms with Gasteiger partial charge >= 0.3 is 0 Å². The second-order valence-electron chi connectivity index (χ2n) is 6.27. The third kappa shape index (κ3) is 3.37. The summed E-state index contributed by atoms with van der Waals surface area (Å²) >= 11 is 10.5. The summed E-state index contributed by atoms with van der Waals surface area (Å²) in [6.45, 7) is 4.58. The number of carbonyl (C=O) groups is 1. The molecule has 3 aliphatic heterocycles. The Morgan fingerprint density at radius 3 is 2.88 bits per heavy atom. The maximum absolute atomic E-state index is 12.6. The lowest BCUT2D eigenvalue weighted by molar-refractivity contribution is 0.0218. The molecule has 3 fully saturated rings. The van der Waals surface area contributed by atoms with Crippen LogP contribution in [0, 0.1) is 5.92 Å². The summed E-state index contributed by atoms with van der Waals surface area (Å²) < 4.78 is 1.97. The van der Waals surface area contributed by atoms with Gasteiger partial charge in [0, 0.05) is 17.5 Å². The number of fused-ring (bicyclic) bond motifs is 3. The molecule has 0 spiro atoms. The summed E-state index contributed by atoms with van der Waals surface area (Å²) in [5.41, 5.74) is 0. The van der Waals surface area contributed by atoms with Crippen LogP contribution >= 0.6 is 46.0 Å². The highest BCUT2D eigenvalue weighted by molar-refractivity contribution is 8.02. The molecule has 24 heavy (non-hydrogen) atoms. The van der Waals surface area contributed by atoms with E-state index in [2.05, 4.69) is 22.1 Å². The van der Waals surface area contributed by atoms with Crippen molar-refractivity contribution in [3.63, 3.8) is 0 Å². The van der Waals surface area contributed by atoms with E-state index >= 15 is 0 Å². The molecule has 8 heteroatoms. The molecule has 4 nitrogen and oxygen atoms in total. The largest absolute Gasteiger partial charge is 0.347 e. The molecule has 1 N–H and O–H groups in total. The first kappa shape index (κ1) is 16.8. The van der Waals surface area contributed by atoms with Gasteiger partial charge in [-0.05, 0) is 62.7 Å². The van der Waals surface area contributed by atoms with Gasteiger partial charge in [-0.15, -0.1) is 22.7 Å². The van der Waals surface area contributed by atoms with E-state index in [1.54, 1.807) is 11.8 Å². The van der Waals surface area contributed by atoms with Gasteiger partial charge < -0.3 is 5.32 Å². The van der Waals surface area contributed by atoms with Crippen molar-refractivity contribution < 1.29 is 4.79 Å². The first-order valence-electron chi connectivity index (χ1n) is 8.04. The van der Waals surface area contributed by atoms with Crippen molar-refractivity contribution in [1.29, 1.82) is 0 Å². The normalized spacial score (nSPS) is 28.9. The van der Waals surface area contributed by atoms with Gasteiger partial charge in [0.05, 0.1) is 9.09 Å². The van der Waals surface area contributed by atoms with Crippen molar-refractivity contribution in [1.82, 2.24) is 15.2 Å². The molecule has 2 atom stereocenters. The van der Waals surface area contributed by atoms with Crippen molar-refractivity contribution in [3.8, 4) is 0 Å². The molecule has 0 aliphatic carbocycles. The summed E-state index contributed by atoms with van der Waals surface area (Å²) in [5.74, 6) is 0.676. The highest BCUT2D eigenvalue weighted by atomic mass is 35.5. The first-order valence-corrected chi connectivity index (χ1v) is 10.9. The van der Waals surface area contributed by atoms with Crippen molar-refractivity contribution in [2.24, 2.45) is 5.92 Å². The molecule has 3 aliphatic rings. The van der Waals surface area contributed by atoms with Gasteiger partial charge in [-0.1, -0.05) is 11.6 Å². The summed E-state index contributed by atoms with van der Waals surface area (Å²) in [4.78, 5) is 20.1. The molecule has 0 unspecified atom stereocenters. The average molecular weight is 400 g/mol. The fourth-order valence-electron chi connectivity index (χ4n) is 3.64. The lowest BCUT2D eigenvalue weighted by Gasteiger charge is -2.49. The van der Waals surface area contributed by atoms with Crippen LogP contribution in [0.25, 0.3) is 0 Å². The predicted octanol–water partition coefficient (Wildman–Crippen LogP) is 4.22. The van der Waals surface area contributed by atoms with Gasteiger partial charge in [0.15, 0.2) is 4.34 Å². The smallest absolute Gasteiger partial charge is 0.261 e. The molecule has 1 amide bonds. The van der Waals surface area contributed by atoms with Crippen molar-refractivity contribution >= 4 is 51.9 Å². The van der Waals surface area contributed by atoms with E-state index in [1.807, 2.05) is 17.5 Å². The topological polar surface area (TPSA) is 45.2 Å². The van der Waals surface area contributed by atoms with E-state index < -0.39 is 0 Å². The number of nitrogens with zero attached hydrogens (tertiary/aromatic N) is 2. The number of thiophene rings is 1. The molecule has 5 rings (SSSR count). The number of amides is 1. The number of aromatic nitrogens is 1. The Morgan fingerprint density at radius 2 is 2.21 bits per heavy atom. The number of nitrogens with one attached hydrogen (secondary N) is 1. The molecule has 128 valence electrons. The number of piperidine rings is 3. The number of halogens is 1. The standard InChI is InChI=1S/C16H18ClN3OS3/c1-9-14(10-4-6-20(9)7-5-10)19-15(21)11-2-3-13(23-11)24-16-18-12(17)8-22-16/h2-3,8-10,14H,4-7H2,1H3,(H,19,21)/t9-,14-/m0/s1. The molecule has 0 saturated carbocycles. The van der Waals surface area contributed by atoms with E-state index in [0.717, 1.165) is 13.4 Å². The van der Waals surface area contributed by atoms with Crippen LogP contribution in [-0.2, 0) is 0 Å². The Balaban J connectivity index is 1.41. The van der Waals surface area contributed by atoms with Gasteiger partial charge in [0.2, 0.25) is 0 Å². The first-order chi connectivity index (χ1) is 11.6. The summed E-state index contributed by atoms with van der Waals surface area (Å²) in [7, 11) is 0. The Labute approximate surface area is 158 Å². The minimum Gasteiger partial charge on any atom is -0.347 e. The molecule has 2 aromatic rings. The molecule has 0 aromatic carbocycles. The van der Waals surface area contributed by atoms with Crippen molar-refractivity contribution in [2.75, 3.05) is 13.1 Å². The Bertz CT molecular complexity index is 737. The molecular formula is C16H18ClN3OS3. The fraction of sp³-hybridized carbons (Fsp3) is 0.500. The van der Waals surface area contributed by atoms with Crippen LogP contribution in [0.3, 0.4) is 0 Å². The third-order valence-corrected chi connectivity index (χ3v) is 8.40. The minimum atomic E-state index is 0.0506. The second kappa shape index (κ2) is 6.96. The van der Waals surface area contributed by atoms with Gasteiger partial charge in [0.1, 0.15) is 5.15 Å². The zero-order valence-corrected chi connectivity index (χ0v) is 16.4. The minimum absolute atomic E-state index is 0.0506. The van der Waals surface area contributed by atoms with Crippen molar-refractivity contribution in [2.45, 2.75) is 40.4 Å². The van der Waals surface area contributed by atoms with Crippen LogP contribution in [0.15, 0.2) is 26.1 Å². The molecular weight excluding hydrogens is 382 g/mol. The zero-order valence-electron chi connectivity index (χ0n) is 13.2. The maximum atomic E-state index is 12.6. The second-order valence-corrected chi connectivity index (χ2v) is 10.1. The lowest BCUT2D eigenvalue weighted by Crippen LogP contribution is -2.62. The van der Waals surface area contributed by atoms with Crippen LogP contribution in [0.5, 0.6) is 0 Å². The number of hydrogen-bond acceptors (Lipinski definition) is 6. The molecule has 5 heterocycles. The zero-order chi connectivity index (χ0) is 16.7. The highest BCUT2D eigenvalue weighted by Gasteiger charge is 2.40. The number of carbonyl (C=O) groups excluding carboxylic acids is 1. The maximum Gasteiger partial charge on any atom is 0.261 e. The van der Waals surface area contributed by atoms with Crippen LogP contribution in [-0.4, -0.2) is 41.0 Å². The van der Waals surface area contributed by atoms with Crippen LogP contribution in [0.1, 0.15) is 29.4 Å². The van der Waals surface area contributed by atoms with Gasteiger partial charge in [-0.25, -0.2) is 4.98 Å². The Morgan fingerprint density at radius 1 is 1.42 bits per heavy atom. The highest BCUT2D eigenvalue weighted by Crippen LogP contribution is 2.36. The molecule has 3 saturated heterocycles.